The molecule has 0 bridgehead atoms. The number of amides is 1. The first-order chi connectivity index (χ1) is 18.4. The molecule has 0 spiro atoms. The Kier molecular flexibility index (Phi) is 9.10. The Bertz CT molecular complexity index is 1130. The number of anilines is 1. The molecule has 1 saturated carbocycles. The Morgan fingerprint density at radius 2 is 1.77 bits per heavy atom. The Hall–Kier alpha value is -2.79. The molecule has 1 N–H and O–H groups in total. The van der Waals surface area contributed by atoms with Gasteiger partial charge in [-0.15, -0.1) is 0 Å². The van der Waals surface area contributed by atoms with Crippen molar-refractivity contribution in [3.63, 3.8) is 0 Å². The van der Waals surface area contributed by atoms with Crippen LogP contribution < -0.4 is 5.32 Å². The minimum absolute atomic E-state index is 0.107. The number of carbonyl (C=O) groups is 1. The third-order valence-corrected chi connectivity index (χ3v) is 7.23. The van der Waals surface area contributed by atoms with Crippen molar-refractivity contribution in [1.29, 1.82) is 0 Å². The Labute approximate surface area is 224 Å². The number of nitrogens with zero attached hydrogens (tertiary/aromatic N) is 3. The second kappa shape index (κ2) is 12.2. The number of nitrogens with one attached hydrogen (secondary N) is 1. The SMILES string of the molecule is CN(CCN(Cc1ccccc1C(F)(F)F)C(=O)CNc1cccc2c1CCN(CC1CC1)C2)CC(F)(F)F. The summed E-state index contributed by atoms with van der Waals surface area (Å²) < 4.78 is 79.1. The van der Waals surface area contributed by atoms with Gasteiger partial charge in [0.2, 0.25) is 5.91 Å². The molecule has 5 nitrogen and oxygen atoms in total. The van der Waals surface area contributed by atoms with Crippen LogP contribution in [0.1, 0.15) is 35.1 Å². The van der Waals surface area contributed by atoms with E-state index >= 15 is 0 Å². The van der Waals surface area contributed by atoms with Gasteiger partial charge in [0.1, 0.15) is 0 Å². The fourth-order valence-electron chi connectivity index (χ4n) is 5.05. The van der Waals surface area contributed by atoms with Crippen LogP contribution in [0.2, 0.25) is 0 Å². The van der Waals surface area contributed by atoms with Crippen molar-refractivity contribution in [2.24, 2.45) is 5.92 Å². The van der Waals surface area contributed by atoms with Crippen molar-refractivity contribution in [2.45, 2.75) is 44.7 Å². The van der Waals surface area contributed by atoms with Crippen molar-refractivity contribution in [3.8, 4) is 0 Å². The Morgan fingerprint density at radius 3 is 2.46 bits per heavy atom. The highest BCUT2D eigenvalue weighted by Gasteiger charge is 2.34. The summed E-state index contributed by atoms with van der Waals surface area (Å²) in [6.45, 7) is 0.827. The highest BCUT2D eigenvalue weighted by atomic mass is 19.4. The average Bonchev–Trinajstić information content (AvgIpc) is 3.67. The van der Waals surface area contributed by atoms with E-state index in [2.05, 4.69) is 16.3 Å². The average molecular weight is 557 g/mol. The first kappa shape index (κ1) is 29.2. The minimum atomic E-state index is -4.62. The maximum atomic E-state index is 13.6. The van der Waals surface area contributed by atoms with E-state index in [9.17, 15) is 31.1 Å². The van der Waals surface area contributed by atoms with Crippen LogP contribution in [0.25, 0.3) is 0 Å². The molecule has 214 valence electrons. The van der Waals surface area contributed by atoms with Crippen molar-refractivity contribution in [1.82, 2.24) is 14.7 Å². The van der Waals surface area contributed by atoms with Crippen molar-refractivity contribution in [2.75, 3.05) is 51.6 Å². The highest BCUT2D eigenvalue weighted by Crippen LogP contribution is 2.34. The van der Waals surface area contributed by atoms with E-state index < -0.39 is 30.4 Å². The molecule has 2 aromatic rings. The molecule has 0 atom stereocenters. The number of hydrogen-bond donors (Lipinski definition) is 1. The maximum Gasteiger partial charge on any atom is 0.416 e. The summed E-state index contributed by atoms with van der Waals surface area (Å²) in [6.07, 6.45) is -5.65. The molecule has 2 aromatic carbocycles. The van der Waals surface area contributed by atoms with E-state index in [1.54, 1.807) is 0 Å². The lowest BCUT2D eigenvalue weighted by Gasteiger charge is -2.31. The number of benzene rings is 2. The third kappa shape index (κ3) is 8.60. The van der Waals surface area contributed by atoms with Gasteiger partial charge in [-0.1, -0.05) is 30.3 Å². The van der Waals surface area contributed by atoms with Crippen LogP contribution in [-0.4, -0.2) is 73.1 Å². The van der Waals surface area contributed by atoms with Crippen molar-refractivity contribution < 1.29 is 31.1 Å². The normalized spacial score (nSPS) is 16.3. The topological polar surface area (TPSA) is 38.8 Å². The molecule has 0 unspecified atom stereocenters. The summed E-state index contributed by atoms with van der Waals surface area (Å²) in [6, 6.07) is 10.8. The van der Waals surface area contributed by atoms with E-state index in [0.717, 1.165) is 54.2 Å². The summed E-state index contributed by atoms with van der Waals surface area (Å²) in [4.78, 5) is 17.9. The second-order valence-corrected chi connectivity index (χ2v) is 10.5. The van der Waals surface area contributed by atoms with Crippen LogP contribution in [0.5, 0.6) is 0 Å². The van der Waals surface area contributed by atoms with E-state index in [1.807, 2.05) is 12.1 Å². The largest absolute Gasteiger partial charge is 0.416 e. The maximum absolute atomic E-state index is 13.6. The number of hydrogen-bond acceptors (Lipinski definition) is 4. The zero-order valence-corrected chi connectivity index (χ0v) is 21.9. The Balaban J connectivity index is 1.45. The molecule has 1 aliphatic heterocycles. The quantitative estimate of drug-likeness (QED) is 0.376. The smallest absolute Gasteiger partial charge is 0.376 e. The van der Waals surface area contributed by atoms with Gasteiger partial charge in [0.15, 0.2) is 0 Å². The third-order valence-electron chi connectivity index (χ3n) is 7.23. The number of likely N-dealkylation sites (N-methyl/N-ethyl adjacent to an activating group) is 1. The summed E-state index contributed by atoms with van der Waals surface area (Å²) in [7, 11) is 1.26. The van der Waals surface area contributed by atoms with Crippen LogP contribution in [0.4, 0.5) is 32.0 Å². The van der Waals surface area contributed by atoms with Gasteiger partial charge < -0.3 is 10.2 Å². The van der Waals surface area contributed by atoms with E-state index in [-0.39, 0.29) is 31.7 Å². The molecule has 1 aliphatic carbocycles. The summed E-state index contributed by atoms with van der Waals surface area (Å²) >= 11 is 0. The summed E-state index contributed by atoms with van der Waals surface area (Å²) in [5.41, 5.74) is 2.13. The molecule has 1 fully saturated rings. The predicted octanol–water partition coefficient (Wildman–Crippen LogP) is 5.41. The first-order valence-electron chi connectivity index (χ1n) is 13.1. The molecule has 1 heterocycles. The minimum Gasteiger partial charge on any atom is -0.376 e. The standard InChI is InChI=1S/C28H34F6N4O/c1-36(19-27(29,30)31)13-14-38(18-22-5-2-3-7-24(22)28(32,33)34)26(39)15-35-25-8-4-6-21-17-37(12-11-23(21)25)16-20-9-10-20/h2-8,20,35H,9-19H2,1H3. The lowest BCUT2D eigenvalue weighted by atomic mass is 9.97. The summed E-state index contributed by atoms with van der Waals surface area (Å²) in [5, 5.41) is 3.15. The van der Waals surface area contributed by atoms with Gasteiger partial charge >= 0.3 is 12.4 Å². The molecule has 0 radical (unpaired) electrons. The van der Waals surface area contributed by atoms with Gasteiger partial charge in [-0.25, -0.2) is 0 Å². The zero-order chi connectivity index (χ0) is 28.2. The number of fused-ring (bicyclic) bond motifs is 1. The number of rotatable bonds is 11. The molecule has 4 rings (SSSR count). The number of alkyl halides is 6. The molecular formula is C28H34F6N4O. The Morgan fingerprint density at radius 1 is 1.03 bits per heavy atom. The second-order valence-electron chi connectivity index (χ2n) is 10.5. The number of carbonyl (C=O) groups excluding carboxylic acids is 1. The zero-order valence-electron chi connectivity index (χ0n) is 21.9. The van der Waals surface area contributed by atoms with Crippen molar-refractivity contribution >= 4 is 11.6 Å². The van der Waals surface area contributed by atoms with Crippen LogP contribution in [0, 0.1) is 5.92 Å². The van der Waals surface area contributed by atoms with Crippen LogP contribution in [0.3, 0.4) is 0 Å². The molecular weight excluding hydrogens is 522 g/mol. The molecule has 11 heteroatoms. The molecule has 0 aromatic heterocycles. The monoisotopic (exact) mass is 556 g/mol. The first-order valence-corrected chi connectivity index (χ1v) is 13.1. The van der Waals surface area contributed by atoms with E-state index in [1.165, 1.54) is 48.6 Å². The van der Waals surface area contributed by atoms with Crippen molar-refractivity contribution in [3.05, 3.63) is 64.7 Å². The lowest BCUT2D eigenvalue weighted by Crippen LogP contribution is -2.42. The molecule has 0 saturated heterocycles. The molecule has 39 heavy (non-hydrogen) atoms. The van der Waals surface area contributed by atoms with Crippen LogP contribution >= 0.6 is 0 Å². The fraction of sp³-hybridized carbons (Fsp3) is 0.536. The van der Waals surface area contributed by atoms with Gasteiger partial charge in [0, 0.05) is 45.0 Å². The van der Waals surface area contributed by atoms with Gasteiger partial charge in [0.05, 0.1) is 18.7 Å². The summed E-state index contributed by atoms with van der Waals surface area (Å²) in [5.74, 6) is 0.297. The predicted molar refractivity (Wildman–Crippen MR) is 137 cm³/mol. The molecule has 2 aliphatic rings. The lowest BCUT2D eigenvalue weighted by molar-refractivity contribution is -0.144. The van der Waals surface area contributed by atoms with Crippen LogP contribution in [0.15, 0.2) is 42.5 Å². The van der Waals surface area contributed by atoms with E-state index in [0.29, 0.717) is 0 Å². The molecule has 1 amide bonds. The van der Waals surface area contributed by atoms with Gasteiger partial charge in [0.25, 0.3) is 0 Å². The fourth-order valence-corrected chi connectivity index (χ4v) is 5.05. The van der Waals surface area contributed by atoms with Gasteiger partial charge in [-0.05, 0) is 61.1 Å². The number of halogens is 6. The van der Waals surface area contributed by atoms with E-state index in [4.69, 9.17) is 0 Å². The highest BCUT2D eigenvalue weighted by molar-refractivity contribution is 5.81. The van der Waals surface area contributed by atoms with Gasteiger partial charge in [-0.3, -0.25) is 14.6 Å². The van der Waals surface area contributed by atoms with Crippen LogP contribution in [-0.2, 0) is 30.5 Å². The van der Waals surface area contributed by atoms with Gasteiger partial charge in [-0.2, -0.15) is 26.3 Å².